The van der Waals surface area contributed by atoms with Gasteiger partial charge in [0.25, 0.3) is 0 Å². The maximum atomic E-state index is 12.8. The molecule has 0 saturated carbocycles. The van der Waals surface area contributed by atoms with Gasteiger partial charge in [-0.25, -0.2) is 4.57 Å². The summed E-state index contributed by atoms with van der Waals surface area (Å²) in [7, 11) is 7.23. The topological polar surface area (TPSA) is 59.9 Å². The molecule has 1 aromatic heterocycles. The van der Waals surface area contributed by atoms with Gasteiger partial charge in [-0.15, -0.1) is 4.68 Å². The number of imidazole rings is 1. The van der Waals surface area contributed by atoms with Crippen LogP contribution >= 0.6 is 0 Å². The summed E-state index contributed by atoms with van der Waals surface area (Å²) < 4.78 is 14.6. The SMILES string of the molecule is COc1ccc(-c2n(/N=C/c3ccc(N(C)C)cc3)cc[n+]2CC(=O)C(C)(C)C)cc1OC.[Br-]. The Labute approximate surface area is 212 Å². The number of hydrogen-bond acceptors (Lipinski definition) is 5. The third-order valence-electron chi connectivity index (χ3n) is 5.41. The first-order valence-corrected chi connectivity index (χ1v) is 10.8. The lowest BCUT2D eigenvalue weighted by molar-refractivity contribution is -0.673. The van der Waals surface area contributed by atoms with Crippen LogP contribution in [-0.2, 0) is 11.3 Å². The number of rotatable bonds is 8. The average molecular weight is 529 g/mol. The number of hydrogen-bond donors (Lipinski definition) is 0. The Morgan fingerprint density at radius 3 is 2.26 bits per heavy atom. The molecule has 0 N–H and O–H groups in total. The molecule has 0 atom stereocenters. The Morgan fingerprint density at radius 2 is 1.71 bits per heavy atom. The molecule has 0 amide bonds. The molecule has 34 heavy (non-hydrogen) atoms. The molecule has 0 aliphatic rings. The Balaban J connectivity index is 0.00000408. The minimum Gasteiger partial charge on any atom is -1.00 e. The summed E-state index contributed by atoms with van der Waals surface area (Å²) in [6.45, 7) is 6.03. The van der Waals surface area contributed by atoms with E-state index in [1.165, 1.54) is 0 Å². The molecule has 0 aliphatic carbocycles. The second-order valence-corrected chi connectivity index (χ2v) is 9.07. The summed E-state index contributed by atoms with van der Waals surface area (Å²) >= 11 is 0. The maximum absolute atomic E-state index is 12.8. The number of methoxy groups -OCH3 is 2. The molecule has 0 aliphatic heterocycles. The quantitative estimate of drug-likeness (QED) is 0.323. The molecule has 2 aromatic carbocycles. The van der Waals surface area contributed by atoms with Crippen LogP contribution in [0.15, 0.2) is 60.0 Å². The lowest BCUT2D eigenvalue weighted by Gasteiger charge is -2.15. The van der Waals surface area contributed by atoms with E-state index in [1.54, 1.807) is 25.1 Å². The summed E-state index contributed by atoms with van der Waals surface area (Å²) in [5.41, 5.74) is 2.52. The first-order valence-electron chi connectivity index (χ1n) is 10.8. The van der Waals surface area contributed by atoms with E-state index in [2.05, 4.69) is 22.1 Å². The second kappa shape index (κ2) is 11.3. The van der Waals surface area contributed by atoms with Gasteiger partial charge in [-0.3, -0.25) is 4.79 Å². The van der Waals surface area contributed by atoms with Gasteiger partial charge in [0, 0.05) is 25.2 Å². The van der Waals surface area contributed by atoms with Crippen LogP contribution in [0.5, 0.6) is 11.5 Å². The van der Waals surface area contributed by atoms with E-state index >= 15 is 0 Å². The largest absolute Gasteiger partial charge is 1.00 e. The van der Waals surface area contributed by atoms with Crippen molar-refractivity contribution in [3.63, 3.8) is 0 Å². The van der Waals surface area contributed by atoms with Gasteiger partial charge < -0.3 is 31.4 Å². The Bertz CT molecular complexity index is 1150. The summed E-state index contributed by atoms with van der Waals surface area (Å²) in [5, 5.41) is 4.69. The molecule has 0 bridgehead atoms. The van der Waals surface area contributed by atoms with Crippen LogP contribution in [0.2, 0.25) is 0 Å². The van der Waals surface area contributed by atoms with E-state index in [4.69, 9.17) is 9.47 Å². The van der Waals surface area contributed by atoms with Crippen LogP contribution in [0.1, 0.15) is 26.3 Å². The van der Waals surface area contributed by atoms with Crippen LogP contribution in [-0.4, -0.2) is 45.0 Å². The lowest BCUT2D eigenvalue weighted by atomic mass is 9.91. The fourth-order valence-corrected chi connectivity index (χ4v) is 3.29. The Hall–Kier alpha value is -3.13. The van der Waals surface area contributed by atoms with Gasteiger partial charge in [-0.1, -0.05) is 38.0 Å². The summed E-state index contributed by atoms with van der Waals surface area (Å²) in [4.78, 5) is 14.9. The molecule has 182 valence electrons. The minimum absolute atomic E-state index is 0. The maximum Gasteiger partial charge on any atom is 0.314 e. The van der Waals surface area contributed by atoms with Crippen molar-refractivity contribution in [2.75, 3.05) is 33.2 Å². The molecule has 3 aromatic rings. The molecule has 8 heteroatoms. The van der Waals surface area contributed by atoms with Crippen molar-refractivity contribution in [3.05, 3.63) is 60.4 Å². The molecule has 3 rings (SSSR count). The number of nitrogens with zero attached hydrogens (tertiary/aromatic N) is 4. The first kappa shape index (κ1) is 27.1. The van der Waals surface area contributed by atoms with Gasteiger partial charge in [0.2, 0.25) is 0 Å². The average Bonchev–Trinajstić information content (AvgIpc) is 3.19. The molecular weight excluding hydrogens is 496 g/mol. The number of ketones is 1. The number of aromatic nitrogens is 2. The van der Waals surface area contributed by atoms with Gasteiger partial charge in [-0.2, -0.15) is 0 Å². The number of benzene rings is 2. The Morgan fingerprint density at radius 1 is 1.06 bits per heavy atom. The fourth-order valence-electron chi connectivity index (χ4n) is 3.29. The number of carbonyl (C=O) groups excluding carboxylic acids is 1. The van der Waals surface area contributed by atoms with E-state index in [9.17, 15) is 4.79 Å². The van der Waals surface area contributed by atoms with Gasteiger partial charge in [0.05, 0.1) is 26.0 Å². The van der Waals surface area contributed by atoms with Crippen LogP contribution < -0.4 is 35.9 Å². The fraction of sp³-hybridized carbons (Fsp3) is 0.346. The molecule has 0 fully saturated rings. The van der Waals surface area contributed by atoms with Gasteiger partial charge in [0.15, 0.2) is 23.5 Å². The standard InChI is InChI=1S/C26H33N4O3.BrH/c1-26(2,3)24(31)18-29-14-15-30(27-17-19-8-11-21(12-9-19)28(4)5)25(29)20-10-13-22(32-6)23(16-20)33-7;/h8-17H,18H2,1-7H3;1H/q+1;/p-1/b27-17+;. The van der Waals surface area contributed by atoms with Crippen molar-refractivity contribution < 1.29 is 35.8 Å². The predicted molar refractivity (Wildman–Crippen MR) is 131 cm³/mol. The number of ether oxygens (including phenoxy) is 2. The first-order chi connectivity index (χ1) is 15.6. The van der Waals surface area contributed by atoms with Crippen molar-refractivity contribution in [1.29, 1.82) is 0 Å². The summed E-state index contributed by atoms with van der Waals surface area (Å²) in [6.07, 6.45) is 5.54. The van der Waals surface area contributed by atoms with Crippen molar-refractivity contribution in [2.24, 2.45) is 10.5 Å². The van der Waals surface area contributed by atoms with Gasteiger partial charge >= 0.3 is 5.82 Å². The third-order valence-corrected chi connectivity index (χ3v) is 5.41. The zero-order valence-electron chi connectivity index (χ0n) is 20.9. The van der Waals surface area contributed by atoms with E-state index in [0.29, 0.717) is 11.5 Å². The smallest absolute Gasteiger partial charge is 0.314 e. The lowest BCUT2D eigenvalue weighted by Crippen LogP contribution is -3.00. The van der Waals surface area contributed by atoms with Crippen molar-refractivity contribution in [3.8, 4) is 22.9 Å². The molecule has 0 unspecified atom stereocenters. The minimum atomic E-state index is -0.443. The number of Topliss-reactive ketones (excluding diaryl/α,β-unsaturated/α-hetero) is 1. The van der Waals surface area contributed by atoms with E-state index in [1.807, 2.05) is 82.2 Å². The summed E-state index contributed by atoms with van der Waals surface area (Å²) in [5.74, 6) is 2.16. The molecule has 0 spiro atoms. The highest BCUT2D eigenvalue weighted by Crippen LogP contribution is 2.31. The van der Waals surface area contributed by atoms with E-state index < -0.39 is 5.41 Å². The highest BCUT2D eigenvalue weighted by molar-refractivity contribution is 5.82. The van der Waals surface area contributed by atoms with Crippen LogP contribution in [0.3, 0.4) is 0 Å². The molecule has 0 saturated heterocycles. The zero-order chi connectivity index (χ0) is 24.2. The van der Waals surface area contributed by atoms with Crippen LogP contribution in [0.25, 0.3) is 11.4 Å². The van der Waals surface area contributed by atoms with Crippen molar-refractivity contribution >= 4 is 17.7 Å². The molecular formula is C26H33BrN4O3. The van der Waals surface area contributed by atoms with Crippen LogP contribution in [0, 0.1) is 5.41 Å². The van der Waals surface area contributed by atoms with Crippen molar-refractivity contribution in [2.45, 2.75) is 27.3 Å². The van der Waals surface area contributed by atoms with E-state index in [-0.39, 0.29) is 29.3 Å². The van der Waals surface area contributed by atoms with Gasteiger partial charge in [-0.05, 0) is 35.9 Å². The highest BCUT2D eigenvalue weighted by Gasteiger charge is 2.28. The molecule has 7 nitrogen and oxygen atoms in total. The van der Waals surface area contributed by atoms with Crippen LogP contribution in [0.4, 0.5) is 5.69 Å². The van der Waals surface area contributed by atoms with Crippen molar-refractivity contribution in [1.82, 2.24) is 4.68 Å². The monoisotopic (exact) mass is 528 g/mol. The number of anilines is 1. The molecule has 0 radical (unpaired) electrons. The Kier molecular flexibility index (Phi) is 9.04. The zero-order valence-corrected chi connectivity index (χ0v) is 22.5. The third kappa shape index (κ3) is 6.26. The second-order valence-electron chi connectivity index (χ2n) is 9.07. The van der Waals surface area contributed by atoms with E-state index in [0.717, 1.165) is 22.6 Å². The number of halogens is 1. The number of carbonyl (C=O) groups is 1. The highest BCUT2D eigenvalue weighted by atomic mass is 79.9. The van der Waals surface area contributed by atoms with Gasteiger partial charge in [0.1, 0.15) is 12.7 Å². The summed E-state index contributed by atoms with van der Waals surface area (Å²) in [6, 6.07) is 13.8. The molecule has 1 heterocycles. The normalized spacial score (nSPS) is 11.3. The predicted octanol–water partition coefficient (Wildman–Crippen LogP) is 1.03.